The predicted molar refractivity (Wildman–Crippen MR) is 59.9 cm³/mol. The van der Waals surface area contributed by atoms with E-state index in [2.05, 4.69) is 33.0 Å². The van der Waals surface area contributed by atoms with E-state index in [0.717, 1.165) is 0 Å². The average Bonchev–Trinajstić information content (AvgIpc) is 2.12. The van der Waals surface area contributed by atoms with Crippen molar-refractivity contribution < 1.29 is 4.79 Å². The number of carbonyl (C=O) groups excluding carboxylic acids is 1. The molecule has 0 aliphatic rings. The first kappa shape index (κ1) is 13.4. The molecule has 0 bridgehead atoms. The van der Waals surface area contributed by atoms with Gasteiger partial charge >= 0.3 is 0 Å². The molecular formula is C11H24N2O. The molecule has 0 aromatic heterocycles. The van der Waals surface area contributed by atoms with Gasteiger partial charge in [-0.25, -0.2) is 0 Å². The fraction of sp³-hybridized carbons (Fsp3) is 0.909. The standard InChI is InChI=1S/C11H24N2O/c1-6-9(12)10(14)13-7-11(4,5)8(2)3/h8-9H,6-7,12H2,1-5H3,(H,13,14)/t9-/m0/s1. The van der Waals surface area contributed by atoms with E-state index in [1.807, 2.05) is 6.92 Å². The fourth-order valence-corrected chi connectivity index (χ4v) is 0.836. The summed E-state index contributed by atoms with van der Waals surface area (Å²) in [5.74, 6) is 0.502. The van der Waals surface area contributed by atoms with Crippen LogP contribution in [0.1, 0.15) is 41.0 Å². The molecule has 1 amide bonds. The van der Waals surface area contributed by atoms with E-state index < -0.39 is 0 Å². The van der Waals surface area contributed by atoms with Crippen LogP contribution in [0.4, 0.5) is 0 Å². The minimum Gasteiger partial charge on any atom is -0.354 e. The van der Waals surface area contributed by atoms with E-state index in [9.17, 15) is 4.79 Å². The van der Waals surface area contributed by atoms with Crippen LogP contribution in [0.15, 0.2) is 0 Å². The lowest BCUT2D eigenvalue weighted by molar-refractivity contribution is -0.123. The fourth-order valence-electron chi connectivity index (χ4n) is 0.836. The number of hydrogen-bond acceptors (Lipinski definition) is 2. The number of nitrogens with two attached hydrogens (primary N) is 1. The topological polar surface area (TPSA) is 55.1 Å². The molecule has 0 aromatic carbocycles. The molecule has 1 atom stereocenters. The molecule has 0 saturated carbocycles. The number of rotatable bonds is 5. The molecule has 14 heavy (non-hydrogen) atoms. The molecule has 0 radical (unpaired) electrons. The van der Waals surface area contributed by atoms with Crippen LogP contribution in [-0.4, -0.2) is 18.5 Å². The van der Waals surface area contributed by atoms with Gasteiger partial charge in [0.05, 0.1) is 6.04 Å². The Bertz CT molecular complexity index is 188. The lowest BCUT2D eigenvalue weighted by Crippen LogP contribution is -2.44. The van der Waals surface area contributed by atoms with E-state index in [1.54, 1.807) is 0 Å². The molecule has 84 valence electrons. The Balaban J connectivity index is 4.00. The SMILES string of the molecule is CC[C@H](N)C(=O)NCC(C)(C)C(C)C. The van der Waals surface area contributed by atoms with Crippen LogP contribution in [0, 0.1) is 11.3 Å². The lowest BCUT2D eigenvalue weighted by Gasteiger charge is -2.29. The van der Waals surface area contributed by atoms with Gasteiger partial charge in [0.25, 0.3) is 0 Å². The summed E-state index contributed by atoms with van der Waals surface area (Å²) in [6, 6.07) is -0.363. The van der Waals surface area contributed by atoms with Crippen molar-refractivity contribution in [3.63, 3.8) is 0 Å². The van der Waals surface area contributed by atoms with Gasteiger partial charge in [-0.05, 0) is 17.8 Å². The Kier molecular flexibility index (Phi) is 5.13. The second kappa shape index (κ2) is 5.35. The molecule has 3 nitrogen and oxygen atoms in total. The van der Waals surface area contributed by atoms with E-state index in [-0.39, 0.29) is 17.4 Å². The van der Waals surface area contributed by atoms with Gasteiger partial charge in [0.2, 0.25) is 5.91 Å². The number of amides is 1. The van der Waals surface area contributed by atoms with E-state index >= 15 is 0 Å². The summed E-state index contributed by atoms with van der Waals surface area (Å²) in [6.45, 7) is 11.2. The van der Waals surface area contributed by atoms with Crippen molar-refractivity contribution in [2.75, 3.05) is 6.54 Å². The highest BCUT2D eigenvalue weighted by Gasteiger charge is 2.23. The molecule has 0 aliphatic heterocycles. The highest BCUT2D eigenvalue weighted by molar-refractivity contribution is 5.81. The molecule has 3 heteroatoms. The first-order valence-electron chi connectivity index (χ1n) is 5.34. The first-order valence-corrected chi connectivity index (χ1v) is 5.34. The normalized spacial score (nSPS) is 14.2. The Morgan fingerprint density at radius 2 is 1.93 bits per heavy atom. The van der Waals surface area contributed by atoms with Crippen LogP contribution in [-0.2, 0) is 4.79 Å². The quantitative estimate of drug-likeness (QED) is 0.707. The van der Waals surface area contributed by atoms with Crippen molar-refractivity contribution >= 4 is 5.91 Å². The molecule has 0 saturated heterocycles. The van der Waals surface area contributed by atoms with Gasteiger partial charge in [-0.1, -0.05) is 34.6 Å². The van der Waals surface area contributed by atoms with Crippen LogP contribution >= 0.6 is 0 Å². The van der Waals surface area contributed by atoms with Gasteiger partial charge < -0.3 is 11.1 Å². The second-order valence-corrected chi connectivity index (χ2v) is 4.88. The van der Waals surface area contributed by atoms with Crippen molar-refractivity contribution in [3.8, 4) is 0 Å². The number of hydrogen-bond donors (Lipinski definition) is 2. The van der Waals surface area contributed by atoms with Gasteiger partial charge in [0.1, 0.15) is 0 Å². The summed E-state index contributed by atoms with van der Waals surface area (Å²) in [6.07, 6.45) is 0.688. The van der Waals surface area contributed by atoms with Crippen molar-refractivity contribution in [1.82, 2.24) is 5.32 Å². The third kappa shape index (κ3) is 4.09. The maximum Gasteiger partial charge on any atom is 0.236 e. The summed E-state index contributed by atoms with van der Waals surface area (Å²) in [4.78, 5) is 11.4. The molecule has 0 fully saturated rings. The molecule has 0 rings (SSSR count). The molecule has 0 spiro atoms. The van der Waals surface area contributed by atoms with Crippen LogP contribution < -0.4 is 11.1 Å². The monoisotopic (exact) mass is 200 g/mol. The zero-order chi connectivity index (χ0) is 11.4. The van der Waals surface area contributed by atoms with Crippen molar-refractivity contribution in [1.29, 1.82) is 0 Å². The highest BCUT2D eigenvalue weighted by Crippen LogP contribution is 2.24. The Morgan fingerprint density at radius 1 is 1.43 bits per heavy atom. The Labute approximate surface area is 87.4 Å². The number of nitrogens with one attached hydrogen (secondary N) is 1. The first-order chi connectivity index (χ1) is 6.31. The average molecular weight is 200 g/mol. The largest absolute Gasteiger partial charge is 0.354 e. The van der Waals surface area contributed by atoms with E-state index in [1.165, 1.54) is 0 Å². The minimum atomic E-state index is -0.363. The molecule has 0 unspecified atom stereocenters. The van der Waals surface area contributed by atoms with E-state index in [4.69, 9.17) is 5.73 Å². The zero-order valence-electron chi connectivity index (χ0n) is 10.1. The molecule has 0 aliphatic carbocycles. The third-order valence-electron chi connectivity index (χ3n) is 3.06. The lowest BCUT2D eigenvalue weighted by atomic mass is 9.81. The van der Waals surface area contributed by atoms with Gasteiger partial charge in [-0.15, -0.1) is 0 Å². The predicted octanol–water partition coefficient (Wildman–Crippen LogP) is 1.52. The van der Waals surface area contributed by atoms with Crippen LogP contribution in [0.3, 0.4) is 0 Å². The summed E-state index contributed by atoms with van der Waals surface area (Å²) < 4.78 is 0. The Hall–Kier alpha value is -0.570. The second-order valence-electron chi connectivity index (χ2n) is 4.88. The maximum atomic E-state index is 11.4. The van der Waals surface area contributed by atoms with Crippen molar-refractivity contribution in [2.24, 2.45) is 17.1 Å². The minimum absolute atomic E-state index is 0.0405. The Morgan fingerprint density at radius 3 is 2.29 bits per heavy atom. The van der Waals surface area contributed by atoms with Crippen LogP contribution in [0.25, 0.3) is 0 Å². The number of carbonyl (C=O) groups is 1. The van der Waals surface area contributed by atoms with Crippen LogP contribution in [0.5, 0.6) is 0 Å². The molecule has 0 aromatic rings. The summed E-state index contributed by atoms with van der Waals surface area (Å²) >= 11 is 0. The van der Waals surface area contributed by atoms with Gasteiger partial charge in [0.15, 0.2) is 0 Å². The van der Waals surface area contributed by atoms with Crippen LogP contribution in [0.2, 0.25) is 0 Å². The van der Waals surface area contributed by atoms with Gasteiger partial charge in [-0.3, -0.25) is 4.79 Å². The third-order valence-corrected chi connectivity index (χ3v) is 3.06. The molecule has 0 heterocycles. The highest BCUT2D eigenvalue weighted by atomic mass is 16.2. The van der Waals surface area contributed by atoms with Crippen molar-refractivity contribution in [2.45, 2.75) is 47.1 Å². The zero-order valence-corrected chi connectivity index (χ0v) is 10.1. The van der Waals surface area contributed by atoms with E-state index in [0.29, 0.717) is 18.9 Å². The van der Waals surface area contributed by atoms with Gasteiger partial charge in [0, 0.05) is 6.54 Å². The van der Waals surface area contributed by atoms with Gasteiger partial charge in [-0.2, -0.15) is 0 Å². The smallest absolute Gasteiger partial charge is 0.236 e. The maximum absolute atomic E-state index is 11.4. The molecular weight excluding hydrogens is 176 g/mol. The summed E-state index contributed by atoms with van der Waals surface area (Å²) in [5, 5.41) is 2.89. The summed E-state index contributed by atoms with van der Waals surface area (Å²) in [7, 11) is 0. The summed E-state index contributed by atoms with van der Waals surface area (Å²) in [5.41, 5.74) is 5.74. The molecule has 3 N–H and O–H groups in total. The van der Waals surface area contributed by atoms with Crippen molar-refractivity contribution in [3.05, 3.63) is 0 Å².